The normalized spacial score (nSPS) is 12.8. The van der Waals surface area contributed by atoms with Crippen LogP contribution < -0.4 is 0 Å². The van der Waals surface area contributed by atoms with E-state index < -0.39 is 8.60 Å². The van der Waals surface area contributed by atoms with Gasteiger partial charge in [-0.05, 0) is 6.07 Å². The van der Waals surface area contributed by atoms with Crippen molar-refractivity contribution in [3.05, 3.63) is 29.8 Å². The molecule has 0 bridgehead atoms. The van der Waals surface area contributed by atoms with Gasteiger partial charge in [0.2, 0.25) is 0 Å². The molecule has 0 saturated heterocycles. The number of para-hydroxylation sites is 1. The van der Waals surface area contributed by atoms with Gasteiger partial charge in [0, 0.05) is 5.56 Å². The molecule has 0 fully saturated rings. The van der Waals surface area contributed by atoms with Gasteiger partial charge in [0.25, 0.3) is 0 Å². The minimum Gasteiger partial charge on any atom is -0.508 e. The van der Waals surface area contributed by atoms with Gasteiger partial charge in [-0.2, -0.15) is 4.08 Å². The van der Waals surface area contributed by atoms with Crippen molar-refractivity contribution in [2.24, 2.45) is 0 Å². The van der Waals surface area contributed by atoms with E-state index in [9.17, 15) is 5.11 Å². The molecule has 1 aromatic carbocycles. The molecule has 13 heavy (non-hydrogen) atoms. The zero-order chi connectivity index (χ0) is 9.68. The third-order valence-electron chi connectivity index (χ3n) is 1.38. The summed E-state index contributed by atoms with van der Waals surface area (Å²) < 4.78 is 8.76. The second kappa shape index (κ2) is 5.37. The Bertz CT molecular complexity index is 270. The van der Waals surface area contributed by atoms with Crippen molar-refractivity contribution in [3.63, 3.8) is 0 Å². The fourth-order valence-electron chi connectivity index (χ4n) is 0.778. The lowest BCUT2D eigenvalue weighted by atomic mass is 10.2. The first-order valence-electron chi connectivity index (χ1n) is 3.41. The van der Waals surface area contributed by atoms with Gasteiger partial charge >= 0.3 is 8.60 Å². The number of hydrogen-bond donors (Lipinski definition) is 2. The average Bonchev–Trinajstić information content (AvgIpc) is 2.16. The molecule has 0 radical (unpaired) electrons. The van der Waals surface area contributed by atoms with E-state index in [1.807, 2.05) is 0 Å². The van der Waals surface area contributed by atoms with Gasteiger partial charge in [0.05, 0.1) is 18.5 Å². The van der Waals surface area contributed by atoms with Crippen LogP contribution in [0.25, 0.3) is 0 Å². The number of phenolic OH excluding ortho intramolecular Hbond substituents is 1. The van der Waals surface area contributed by atoms with Crippen molar-refractivity contribution in [3.8, 4) is 5.75 Å². The molecular weight excluding hydrogens is 214 g/mol. The van der Waals surface area contributed by atoms with Gasteiger partial charge in [-0.1, -0.05) is 18.2 Å². The van der Waals surface area contributed by atoms with E-state index in [0.29, 0.717) is 5.56 Å². The van der Waals surface area contributed by atoms with Crippen LogP contribution >= 0.6 is 20.5 Å². The van der Waals surface area contributed by atoms with Crippen molar-refractivity contribution >= 4 is 20.5 Å². The summed E-state index contributed by atoms with van der Waals surface area (Å²) >= 11 is 4.85. The topological polar surface area (TPSA) is 58.9 Å². The number of hydrogen-bond acceptors (Lipinski definition) is 4. The van der Waals surface area contributed by atoms with E-state index in [0.717, 1.165) is 0 Å². The highest BCUT2D eigenvalue weighted by Crippen LogP contribution is 2.36. The molecule has 1 rings (SSSR count). The fraction of sp³-hybridized carbons (Fsp3) is 0.143. The second-order valence-corrected chi connectivity index (χ2v) is 3.49. The highest BCUT2D eigenvalue weighted by molar-refractivity contribution is 7.41. The molecule has 0 spiro atoms. The Balaban J connectivity index is 2.50. The van der Waals surface area contributed by atoms with Crippen LogP contribution in [0.1, 0.15) is 5.56 Å². The van der Waals surface area contributed by atoms with Crippen LogP contribution in [0.5, 0.6) is 5.75 Å². The summed E-state index contributed by atoms with van der Waals surface area (Å²) in [5.41, 5.74) is 0.567. The Labute approximate surface area is 81.8 Å². The van der Waals surface area contributed by atoms with Crippen LogP contribution in [0.2, 0.25) is 0 Å². The van der Waals surface area contributed by atoms with Crippen molar-refractivity contribution < 1.29 is 18.6 Å². The van der Waals surface area contributed by atoms with Crippen molar-refractivity contribution in [2.45, 2.75) is 6.61 Å². The molecule has 1 unspecified atom stereocenters. The molecule has 0 saturated carbocycles. The third-order valence-corrected chi connectivity index (χ3v) is 2.20. The Morgan fingerprint density at radius 3 is 2.69 bits per heavy atom. The molecule has 0 aliphatic rings. The Morgan fingerprint density at radius 1 is 1.38 bits per heavy atom. The standard InChI is InChI=1S/C7H8ClO4P/c8-12-13(10)11-5-6-3-1-2-4-7(6)9/h1-4,9-10H,5H2. The molecule has 1 atom stereocenters. The first kappa shape index (κ1) is 10.7. The summed E-state index contributed by atoms with van der Waals surface area (Å²) in [5.74, 6) is 0.112. The largest absolute Gasteiger partial charge is 0.508 e. The Morgan fingerprint density at radius 2 is 2.08 bits per heavy atom. The predicted molar refractivity (Wildman–Crippen MR) is 49.0 cm³/mol. The first-order valence-corrected chi connectivity index (χ1v) is 4.85. The van der Waals surface area contributed by atoms with E-state index >= 15 is 0 Å². The first-order chi connectivity index (χ1) is 6.24. The zero-order valence-corrected chi connectivity index (χ0v) is 8.20. The summed E-state index contributed by atoms with van der Waals surface area (Å²) in [6, 6.07) is 6.64. The smallest absolute Gasteiger partial charge is 0.348 e. The highest BCUT2D eigenvalue weighted by atomic mass is 35.5. The quantitative estimate of drug-likeness (QED) is 0.768. The van der Waals surface area contributed by atoms with Crippen LogP contribution in [0.15, 0.2) is 24.3 Å². The van der Waals surface area contributed by atoms with Gasteiger partial charge in [-0.25, -0.2) is 0 Å². The molecule has 1 aromatic rings. The van der Waals surface area contributed by atoms with E-state index in [1.54, 1.807) is 18.2 Å². The number of phenols is 1. The SMILES string of the molecule is Oc1ccccc1COP(O)OCl. The molecule has 72 valence electrons. The summed E-state index contributed by atoms with van der Waals surface area (Å²) in [6.45, 7) is 0.0571. The van der Waals surface area contributed by atoms with E-state index in [1.165, 1.54) is 6.07 Å². The molecule has 0 aliphatic heterocycles. The molecule has 0 aliphatic carbocycles. The lowest BCUT2D eigenvalue weighted by molar-refractivity contribution is 0.252. The van der Waals surface area contributed by atoms with E-state index in [4.69, 9.17) is 21.3 Å². The minimum atomic E-state index is -2.06. The number of rotatable bonds is 4. The lowest BCUT2D eigenvalue weighted by Crippen LogP contribution is -1.88. The van der Waals surface area contributed by atoms with Crippen molar-refractivity contribution in [2.75, 3.05) is 0 Å². The van der Waals surface area contributed by atoms with Gasteiger partial charge in [-0.3, -0.25) is 0 Å². The van der Waals surface area contributed by atoms with Crippen molar-refractivity contribution in [1.29, 1.82) is 0 Å². The molecular formula is C7H8ClO4P. The van der Waals surface area contributed by atoms with Crippen LogP contribution in [-0.2, 0) is 15.2 Å². The van der Waals surface area contributed by atoms with Gasteiger partial charge < -0.3 is 14.5 Å². The van der Waals surface area contributed by atoms with Gasteiger partial charge in [0.15, 0.2) is 0 Å². The van der Waals surface area contributed by atoms with E-state index in [2.05, 4.69) is 4.08 Å². The third kappa shape index (κ3) is 3.46. The van der Waals surface area contributed by atoms with Crippen molar-refractivity contribution in [1.82, 2.24) is 0 Å². The number of benzene rings is 1. The average molecular weight is 223 g/mol. The molecule has 6 heteroatoms. The highest BCUT2D eigenvalue weighted by Gasteiger charge is 2.07. The fourth-order valence-corrected chi connectivity index (χ4v) is 1.19. The van der Waals surface area contributed by atoms with Gasteiger partial charge in [-0.15, -0.1) is 0 Å². The van der Waals surface area contributed by atoms with E-state index in [-0.39, 0.29) is 12.4 Å². The molecule has 0 heterocycles. The maximum absolute atomic E-state index is 9.27. The summed E-state index contributed by atoms with van der Waals surface area (Å²) in [5, 5.41) is 9.27. The summed E-state index contributed by atoms with van der Waals surface area (Å²) in [6.07, 6.45) is 0. The number of aromatic hydroxyl groups is 1. The van der Waals surface area contributed by atoms with Gasteiger partial charge in [0.1, 0.15) is 5.75 Å². The summed E-state index contributed by atoms with van der Waals surface area (Å²) in [4.78, 5) is 8.82. The lowest BCUT2D eigenvalue weighted by Gasteiger charge is -2.06. The number of halogens is 1. The maximum atomic E-state index is 9.27. The van der Waals surface area contributed by atoms with Crippen LogP contribution in [0.3, 0.4) is 0 Å². The maximum Gasteiger partial charge on any atom is 0.348 e. The second-order valence-electron chi connectivity index (χ2n) is 2.21. The predicted octanol–water partition coefficient (Wildman–Crippen LogP) is 2.30. The molecule has 0 amide bonds. The Hall–Kier alpha value is -0.380. The monoisotopic (exact) mass is 222 g/mol. The molecule has 4 nitrogen and oxygen atoms in total. The molecule has 0 aromatic heterocycles. The Kier molecular flexibility index (Phi) is 4.42. The van der Waals surface area contributed by atoms with Crippen LogP contribution in [-0.4, -0.2) is 10.00 Å². The summed E-state index contributed by atoms with van der Waals surface area (Å²) in [7, 11) is -2.06. The minimum absolute atomic E-state index is 0.0571. The zero-order valence-electron chi connectivity index (χ0n) is 6.55. The van der Waals surface area contributed by atoms with Crippen LogP contribution in [0.4, 0.5) is 0 Å². The van der Waals surface area contributed by atoms with Crippen LogP contribution in [0, 0.1) is 0 Å². The molecule has 2 N–H and O–H groups in total.